The number of rotatable bonds is 3. The largest absolute Gasteiger partial charge is 0.496 e. The molecule has 3 aromatic rings. The first kappa shape index (κ1) is 14.1. The van der Waals surface area contributed by atoms with Gasteiger partial charge in [0.15, 0.2) is 11.5 Å². The number of imidazole rings is 1. The maximum absolute atomic E-state index is 5.82. The summed E-state index contributed by atoms with van der Waals surface area (Å²) in [7, 11) is 1.65. The third-order valence-corrected chi connectivity index (χ3v) is 3.58. The van der Waals surface area contributed by atoms with Crippen LogP contribution in [0, 0.1) is 13.8 Å². The molecule has 114 valence electrons. The van der Waals surface area contributed by atoms with Crippen LogP contribution in [0.15, 0.2) is 12.5 Å². The first-order valence-corrected chi connectivity index (χ1v) is 6.74. The van der Waals surface area contributed by atoms with Gasteiger partial charge in [0.2, 0.25) is 5.95 Å². The number of aryl methyl sites for hydroxylation is 1. The third-order valence-electron chi connectivity index (χ3n) is 3.58. The van der Waals surface area contributed by atoms with E-state index in [1.165, 1.54) is 0 Å². The molecule has 8 heteroatoms. The van der Waals surface area contributed by atoms with Crippen LogP contribution in [0.25, 0.3) is 11.2 Å². The van der Waals surface area contributed by atoms with E-state index in [9.17, 15) is 0 Å². The summed E-state index contributed by atoms with van der Waals surface area (Å²) >= 11 is 0. The fourth-order valence-corrected chi connectivity index (χ4v) is 2.49. The molecule has 0 fully saturated rings. The maximum Gasteiger partial charge on any atom is 0.224 e. The summed E-state index contributed by atoms with van der Waals surface area (Å²) in [5, 5.41) is 0. The Balaban J connectivity index is 2.08. The van der Waals surface area contributed by atoms with Crippen molar-refractivity contribution >= 4 is 22.9 Å². The number of aromatic nitrogens is 5. The molecule has 0 aliphatic rings. The van der Waals surface area contributed by atoms with Gasteiger partial charge in [0, 0.05) is 17.3 Å². The van der Waals surface area contributed by atoms with Crippen molar-refractivity contribution in [3.8, 4) is 5.75 Å². The lowest BCUT2D eigenvalue weighted by Gasteiger charge is -2.12. The molecule has 4 N–H and O–H groups in total. The Morgan fingerprint density at radius 1 is 1.18 bits per heavy atom. The van der Waals surface area contributed by atoms with Gasteiger partial charge in [0.25, 0.3) is 0 Å². The molecule has 0 bridgehead atoms. The van der Waals surface area contributed by atoms with Crippen LogP contribution >= 0.6 is 0 Å². The van der Waals surface area contributed by atoms with E-state index in [4.69, 9.17) is 16.2 Å². The molecule has 8 nitrogen and oxygen atoms in total. The average Bonchev–Trinajstić information content (AvgIpc) is 2.86. The molecular weight excluding hydrogens is 282 g/mol. The molecule has 0 saturated carbocycles. The third kappa shape index (κ3) is 2.18. The molecule has 3 heterocycles. The molecule has 0 saturated heterocycles. The Labute approximate surface area is 127 Å². The summed E-state index contributed by atoms with van der Waals surface area (Å²) in [6, 6.07) is 0. The van der Waals surface area contributed by atoms with E-state index in [0.29, 0.717) is 17.7 Å². The van der Waals surface area contributed by atoms with E-state index in [0.717, 1.165) is 22.6 Å². The van der Waals surface area contributed by atoms with Crippen molar-refractivity contribution in [3.63, 3.8) is 0 Å². The fraction of sp³-hybridized carbons (Fsp3) is 0.286. The quantitative estimate of drug-likeness (QED) is 0.742. The number of nitrogen functional groups attached to an aromatic ring is 2. The number of methoxy groups -OCH3 is 1. The van der Waals surface area contributed by atoms with E-state index in [2.05, 4.69) is 19.9 Å². The standard InChI is InChI=1S/C14H17N7O/c1-7-4-17-9(8(2)11(7)22-3)5-21-6-18-10-12(15)19-14(16)20-13(10)21/h4,6H,5H2,1-3H3,(H4,15,16,19,20). The van der Waals surface area contributed by atoms with E-state index in [1.807, 2.05) is 18.4 Å². The van der Waals surface area contributed by atoms with Crippen LogP contribution in [0.2, 0.25) is 0 Å². The van der Waals surface area contributed by atoms with Gasteiger partial charge in [-0.2, -0.15) is 9.97 Å². The minimum Gasteiger partial charge on any atom is -0.496 e. The smallest absolute Gasteiger partial charge is 0.224 e. The van der Waals surface area contributed by atoms with E-state index in [-0.39, 0.29) is 11.8 Å². The van der Waals surface area contributed by atoms with Crippen LogP contribution in [0.3, 0.4) is 0 Å². The van der Waals surface area contributed by atoms with Gasteiger partial charge in [0.05, 0.1) is 25.7 Å². The van der Waals surface area contributed by atoms with Gasteiger partial charge in [-0.25, -0.2) is 4.98 Å². The van der Waals surface area contributed by atoms with Gasteiger partial charge >= 0.3 is 0 Å². The van der Waals surface area contributed by atoms with Crippen LogP contribution in [0.1, 0.15) is 16.8 Å². The molecule has 0 spiro atoms. The lowest BCUT2D eigenvalue weighted by Crippen LogP contribution is -2.07. The zero-order chi connectivity index (χ0) is 15.9. The Kier molecular flexibility index (Phi) is 3.28. The molecule has 0 aliphatic heterocycles. The van der Waals surface area contributed by atoms with Gasteiger partial charge in [0.1, 0.15) is 11.3 Å². The highest BCUT2D eigenvalue weighted by Crippen LogP contribution is 2.25. The zero-order valence-electron chi connectivity index (χ0n) is 12.7. The molecular formula is C14H17N7O. The highest BCUT2D eigenvalue weighted by Gasteiger charge is 2.14. The highest BCUT2D eigenvalue weighted by atomic mass is 16.5. The van der Waals surface area contributed by atoms with E-state index < -0.39 is 0 Å². The summed E-state index contributed by atoms with van der Waals surface area (Å²) in [4.78, 5) is 16.8. The lowest BCUT2D eigenvalue weighted by molar-refractivity contribution is 0.406. The summed E-state index contributed by atoms with van der Waals surface area (Å²) < 4.78 is 7.27. The Morgan fingerprint density at radius 2 is 1.95 bits per heavy atom. The molecule has 3 rings (SSSR count). The van der Waals surface area contributed by atoms with Crippen molar-refractivity contribution in [3.05, 3.63) is 29.3 Å². The maximum atomic E-state index is 5.82. The van der Waals surface area contributed by atoms with Crippen LogP contribution in [0.5, 0.6) is 5.75 Å². The van der Waals surface area contributed by atoms with Gasteiger partial charge < -0.3 is 20.8 Å². The number of hydrogen-bond donors (Lipinski definition) is 2. The molecule has 0 aliphatic carbocycles. The molecule has 22 heavy (non-hydrogen) atoms. The highest BCUT2D eigenvalue weighted by molar-refractivity contribution is 5.82. The predicted octanol–water partition coefficient (Wildman–Crippen LogP) is 1.06. The van der Waals surface area contributed by atoms with Crippen molar-refractivity contribution in [2.24, 2.45) is 0 Å². The first-order chi connectivity index (χ1) is 10.5. The van der Waals surface area contributed by atoms with Crippen molar-refractivity contribution in [1.82, 2.24) is 24.5 Å². The number of ether oxygens (including phenoxy) is 1. The second-order valence-electron chi connectivity index (χ2n) is 5.06. The minimum absolute atomic E-state index is 0.123. The topological polar surface area (TPSA) is 118 Å². The summed E-state index contributed by atoms with van der Waals surface area (Å²) in [6.07, 6.45) is 3.45. The summed E-state index contributed by atoms with van der Waals surface area (Å²) in [5.41, 5.74) is 15.5. The van der Waals surface area contributed by atoms with Crippen molar-refractivity contribution < 1.29 is 4.74 Å². The van der Waals surface area contributed by atoms with E-state index in [1.54, 1.807) is 19.6 Å². The average molecular weight is 299 g/mol. The van der Waals surface area contributed by atoms with Gasteiger partial charge in [-0.3, -0.25) is 4.98 Å². The van der Waals surface area contributed by atoms with Crippen LogP contribution < -0.4 is 16.2 Å². The number of nitrogens with two attached hydrogens (primary N) is 2. The van der Waals surface area contributed by atoms with Crippen molar-refractivity contribution in [2.75, 3.05) is 18.6 Å². The van der Waals surface area contributed by atoms with Crippen molar-refractivity contribution in [2.45, 2.75) is 20.4 Å². The van der Waals surface area contributed by atoms with Crippen LogP contribution in [-0.4, -0.2) is 31.6 Å². The minimum atomic E-state index is 0.123. The zero-order valence-corrected chi connectivity index (χ0v) is 12.7. The van der Waals surface area contributed by atoms with Gasteiger partial charge in [-0.05, 0) is 13.8 Å². The molecule has 0 amide bonds. The van der Waals surface area contributed by atoms with Crippen LogP contribution in [0.4, 0.5) is 11.8 Å². The molecule has 0 radical (unpaired) electrons. The fourth-order valence-electron chi connectivity index (χ4n) is 2.49. The normalized spacial score (nSPS) is 11.0. The SMILES string of the molecule is COc1c(C)cnc(Cn2cnc3c(N)nc(N)nc32)c1C. The Bertz CT molecular complexity index is 856. The van der Waals surface area contributed by atoms with Crippen LogP contribution in [-0.2, 0) is 6.54 Å². The number of fused-ring (bicyclic) bond motifs is 1. The van der Waals surface area contributed by atoms with Crippen molar-refractivity contribution in [1.29, 1.82) is 0 Å². The monoisotopic (exact) mass is 299 g/mol. The number of hydrogen-bond acceptors (Lipinski definition) is 7. The number of nitrogens with zero attached hydrogens (tertiary/aromatic N) is 5. The lowest BCUT2D eigenvalue weighted by atomic mass is 10.1. The molecule has 3 aromatic heterocycles. The second-order valence-corrected chi connectivity index (χ2v) is 5.06. The Hall–Kier alpha value is -2.90. The Morgan fingerprint density at radius 3 is 2.68 bits per heavy atom. The molecule has 0 atom stereocenters. The summed E-state index contributed by atoms with van der Waals surface area (Å²) in [6.45, 7) is 4.43. The molecule has 0 aromatic carbocycles. The number of anilines is 2. The van der Waals surface area contributed by atoms with Gasteiger partial charge in [-0.15, -0.1) is 0 Å². The predicted molar refractivity (Wildman–Crippen MR) is 83.5 cm³/mol. The second kappa shape index (κ2) is 5.14. The number of pyridine rings is 1. The van der Waals surface area contributed by atoms with E-state index >= 15 is 0 Å². The first-order valence-electron chi connectivity index (χ1n) is 6.74. The summed E-state index contributed by atoms with van der Waals surface area (Å²) in [5.74, 6) is 1.23. The van der Waals surface area contributed by atoms with Gasteiger partial charge in [-0.1, -0.05) is 0 Å². The molecule has 0 unspecified atom stereocenters.